The fourth-order valence-electron chi connectivity index (χ4n) is 1.89. The summed E-state index contributed by atoms with van der Waals surface area (Å²) in [6.45, 7) is 0.347. The number of amides is 1. The second kappa shape index (κ2) is 6.46. The van der Waals surface area contributed by atoms with E-state index in [4.69, 9.17) is 0 Å². The molecule has 2 aromatic rings. The lowest BCUT2D eigenvalue weighted by Gasteiger charge is -2.09. The first-order valence-corrected chi connectivity index (χ1v) is 6.21. The van der Waals surface area contributed by atoms with E-state index in [1.807, 2.05) is 0 Å². The Kier molecular flexibility index (Phi) is 4.44. The highest BCUT2D eigenvalue weighted by molar-refractivity contribution is 6.01. The number of rotatable bonds is 6. The van der Waals surface area contributed by atoms with Crippen LogP contribution in [0.5, 0.6) is 0 Å². The van der Waals surface area contributed by atoms with Crippen molar-refractivity contribution >= 4 is 17.3 Å². The number of hydrogen-bond acceptors (Lipinski definition) is 6. The van der Waals surface area contributed by atoms with Crippen LogP contribution < -0.4 is 10.6 Å². The lowest BCUT2D eigenvalue weighted by atomic mass is 10.1. The maximum atomic E-state index is 12.1. The molecule has 0 atom stereocenters. The minimum atomic E-state index is -0.531. The molecule has 1 aromatic carbocycles. The van der Waals surface area contributed by atoms with Crippen molar-refractivity contribution in [2.45, 2.75) is 6.42 Å². The zero-order valence-corrected chi connectivity index (χ0v) is 11.3. The minimum absolute atomic E-state index is 0.139. The van der Waals surface area contributed by atoms with Crippen LogP contribution >= 0.6 is 0 Å². The molecule has 0 aliphatic carbocycles. The summed E-state index contributed by atoms with van der Waals surface area (Å²) in [7, 11) is 1.54. The van der Waals surface area contributed by atoms with Crippen molar-refractivity contribution in [3.8, 4) is 0 Å². The number of carbonyl (C=O) groups is 1. The number of hydrogen-bond donors (Lipinski definition) is 3. The van der Waals surface area contributed by atoms with Crippen molar-refractivity contribution in [1.29, 1.82) is 0 Å². The number of nitrogens with zero attached hydrogens (tertiary/aromatic N) is 3. The Morgan fingerprint density at radius 2 is 2.29 bits per heavy atom. The van der Waals surface area contributed by atoms with E-state index < -0.39 is 4.92 Å². The highest BCUT2D eigenvalue weighted by atomic mass is 16.6. The summed E-state index contributed by atoms with van der Waals surface area (Å²) in [4.78, 5) is 26.5. The number of aromatic nitrogens is 3. The molecule has 21 heavy (non-hydrogen) atoms. The third-order valence-electron chi connectivity index (χ3n) is 2.85. The SMILES string of the molecule is CNc1c(C(=O)NCCc2ncn[nH]2)cccc1[N+](=O)[O-]. The number of nitro groups is 1. The van der Waals surface area contributed by atoms with Crippen molar-refractivity contribution in [3.05, 3.63) is 46.0 Å². The van der Waals surface area contributed by atoms with E-state index in [1.54, 1.807) is 0 Å². The van der Waals surface area contributed by atoms with Gasteiger partial charge in [-0.1, -0.05) is 6.07 Å². The van der Waals surface area contributed by atoms with Crippen LogP contribution in [0.3, 0.4) is 0 Å². The van der Waals surface area contributed by atoms with Gasteiger partial charge in [0.1, 0.15) is 17.8 Å². The highest BCUT2D eigenvalue weighted by Crippen LogP contribution is 2.27. The third-order valence-corrected chi connectivity index (χ3v) is 2.85. The Labute approximate surface area is 119 Å². The molecule has 2 rings (SSSR count). The minimum Gasteiger partial charge on any atom is -0.382 e. The molecule has 9 heteroatoms. The van der Waals surface area contributed by atoms with Crippen molar-refractivity contribution in [2.75, 3.05) is 18.9 Å². The zero-order chi connectivity index (χ0) is 15.2. The normalized spacial score (nSPS) is 10.1. The van der Waals surface area contributed by atoms with Crippen molar-refractivity contribution in [3.63, 3.8) is 0 Å². The first-order valence-electron chi connectivity index (χ1n) is 6.21. The van der Waals surface area contributed by atoms with Crippen molar-refractivity contribution in [2.24, 2.45) is 0 Å². The van der Waals surface area contributed by atoms with Crippen LogP contribution in [0.15, 0.2) is 24.5 Å². The Morgan fingerprint density at radius 3 is 2.90 bits per heavy atom. The lowest BCUT2D eigenvalue weighted by molar-refractivity contribution is -0.384. The van der Waals surface area contributed by atoms with Crippen LogP contribution in [0.1, 0.15) is 16.2 Å². The largest absolute Gasteiger partial charge is 0.382 e. The molecule has 1 aromatic heterocycles. The van der Waals surface area contributed by atoms with E-state index in [0.717, 1.165) is 0 Å². The standard InChI is InChI=1S/C12H14N6O3/c1-13-11-8(3-2-4-9(11)18(20)21)12(19)14-6-5-10-15-7-16-17-10/h2-4,7,13H,5-6H2,1H3,(H,14,19)(H,15,16,17). The molecule has 1 amide bonds. The van der Waals surface area contributed by atoms with Crippen LogP contribution in [0.25, 0.3) is 0 Å². The summed E-state index contributed by atoms with van der Waals surface area (Å²) >= 11 is 0. The van der Waals surface area contributed by atoms with Gasteiger partial charge in [0, 0.05) is 26.1 Å². The number of nitrogens with one attached hydrogen (secondary N) is 3. The van der Waals surface area contributed by atoms with Gasteiger partial charge in [-0.05, 0) is 6.07 Å². The van der Waals surface area contributed by atoms with Crippen molar-refractivity contribution < 1.29 is 9.72 Å². The number of benzene rings is 1. The average Bonchev–Trinajstić information content (AvgIpc) is 2.99. The third kappa shape index (κ3) is 3.32. The molecule has 1 heterocycles. The summed E-state index contributed by atoms with van der Waals surface area (Å²) < 4.78 is 0. The average molecular weight is 290 g/mol. The molecule has 110 valence electrons. The van der Waals surface area contributed by atoms with Gasteiger partial charge in [-0.3, -0.25) is 20.0 Å². The lowest BCUT2D eigenvalue weighted by Crippen LogP contribution is -2.26. The quantitative estimate of drug-likeness (QED) is 0.531. The highest BCUT2D eigenvalue weighted by Gasteiger charge is 2.20. The van der Waals surface area contributed by atoms with Gasteiger partial charge in [-0.25, -0.2) is 4.98 Å². The Morgan fingerprint density at radius 1 is 1.48 bits per heavy atom. The van der Waals surface area contributed by atoms with E-state index in [2.05, 4.69) is 25.8 Å². The summed E-state index contributed by atoms with van der Waals surface area (Å²) in [5.41, 5.74) is 0.282. The van der Waals surface area contributed by atoms with Gasteiger partial charge in [0.15, 0.2) is 0 Å². The predicted molar refractivity (Wildman–Crippen MR) is 75.1 cm³/mol. The number of para-hydroxylation sites is 1. The number of nitro benzene ring substituents is 1. The molecular formula is C12H14N6O3. The van der Waals surface area contributed by atoms with Crippen LogP contribution in [0.4, 0.5) is 11.4 Å². The molecule has 0 aliphatic rings. The predicted octanol–water partition coefficient (Wildman–Crippen LogP) is 0.727. The Hall–Kier alpha value is -2.97. The monoisotopic (exact) mass is 290 g/mol. The molecule has 0 saturated carbocycles. The van der Waals surface area contributed by atoms with Gasteiger partial charge in [-0.2, -0.15) is 5.10 Å². The Bertz CT molecular complexity index is 640. The zero-order valence-electron chi connectivity index (χ0n) is 11.3. The summed E-state index contributed by atoms with van der Waals surface area (Å²) in [5, 5.41) is 22.7. The molecular weight excluding hydrogens is 276 g/mol. The van der Waals surface area contributed by atoms with Gasteiger partial charge in [0.05, 0.1) is 10.5 Å². The van der Waals surface area contributed by atoms with Crippen molar-refractivity contribution in [1.82, 2.24) is 20.5 Å². The fourth-order valence-corrected chi connectivity index (χ4v) is 1.89. The maximum absolute atomic E-state index is 12.1. The molecule has 0 spiro atoms. The van der Waals surface area contributed by atoms with E-state index in [9.17, 15) is 14.9 Å². The van der Waals surface area contributed by atoms with Gasteiger partial charge in [-0.15, -0.1) is 0 Å². The van der Waals surface area contributed by atoms with Gasteiger partial charge in [0.2, 0.25) is 0 Å². The van der Waals surface area contributed by atoms with Crippen LogP contribution in [-0.4, -0.2) is 39.6 Å². The summed E-state index contributed by atoms with van der Waals surface area (Å²) in [6, 6.07) is 4.35. The molecule has 0 unspecified atom stereocenters. The van der Waals surface area contributed by atoms with Crippen LogP contribution in [-0.2, 0) is 6.42 Å². The second-order valence-corrected chi connectivity index (χ2v) is 4.14. The molecule has 0 bridgehead atoms. The topological polar surface area (TPSA) is 126 Å². The molecule has 0 saturated heterocycles. The van der Waals surface area contributed by atoms with E-state index >= 15 is 0 Å². The molecule has 0 radical (unpaired) electrons. The van der Waals surface area contributed by atoms with E-state index in [-0.39, 0.29) is 22.8 Å². The van der Waals surface area contributed by atoms with E-state index in [1.165, 1.54) is 31.6 Å². The number of aromatic amines is 1. The maximum Gasteiger partial charge on any atom is 0.293 e. The second-order valence-electron chi connectivity index (χ2n) is 4.14. The Balaban J connectivity index is 2.08. The van der Waals surface area contributed by atoms with Gasteiger partial charge < -0.3 is 10.6 Å². The summed E-state index contributed by atoms with van der Waals surface area (Å²) in [5.74, 6) is 0.269. The first-order chi connectivity index (χ1) is 10.1. The van der Waals surface area contributed by atoms with E-state index in [0.29, 0.717) is 18.8 Å². The van der Waals surface area contributed by atoms with Crippen LogP contribution in [0.2, 0.25) is 0 Å². The van der Waals surface area contributed by atoms with Gasteiger partial charge >= 0.3 is 0 Å². The smallest absolute Gasteiger partial charge is 0.293 e. The molecule has 9 nitrogen and oxygen atoms in total. The first kappa shape index (κ1) is 14.4. The molecule has 0 aliphatic heterocycles. The van der Waals surface area contributed by atoms with Crippen LogP contribution in [0, 0.1) is 10.1 Å². The summed E-state index contributed by atoms with van der Waals surface area (Å²) in [6.07, 6.45) is 1.88. The molecule has 3 N–H and O–H groups in total. The number of anilines is 1. The fraction of sp³-hybridized carbons (Fsp3) is 0.250. The number of H-pyrrole nitrogens is 1. The number of carbonyl (C=O) groups excluding carboxylic acids is 1. The van der Waals surface area contributed by atoms with Gasteiger partial charge in [0.25, 0.3) is 11.6 Å². The molecule has 0 fully saturated rings.